The Morgan fingerprint density at radius 2 is 1.68 bits per heavy atom. The molecule has 0 unspecified atom stereocenters. The number of fused-ring (bicyclic) bond motifs is 1. The van der Waals surface area contributed by atoms with Crippen molar-refractivity contribution in [1.82, 2.24) is 0 Å². The van der Waals surface area contributed by atoms with E-state index < -0.39 is 0 Å². The number of aryl methyl sites for hydroxylation is 1. The molecular weight excluding hydrogens is 295 g/mol. The maximum absolute atomic E-state index is 2.48. The van der Waals surface area contributed by atoms with E-state index in [1.807, 2.05) is 0 Å². The first-order valence-corrected chi connectivity index (χ1v) is 8.95. The van der Waals surface area contributed by atoms with Gasteiger partial charge in [-0.15, -0.1) is 0 Å². The first-order valence-electron chi connectivity index (χ1n) is 6.88. The van der Waals surface area contributed by atoms with Crippen LogP contribution in [0.4, 0.5) is 0 Å². The zero-order chi connectivity index (χ0) is 12.9. The molecular formula is C18H18Se. The molecule has 2 aromatic carbocycles. The zero-order valence-corrected chi connectivity index (χ0v) is 12.7. The monoisotopic (exact) mass is 314 g/mol. The molecule has 0 bridgehead atoms. The fourth-order valence-electron chi connectivity index (χ4n) is 2.62. The van der Waals surface area contributed by atoms with Crippen LogP contribution in [0.2, 0.25) is 5.32 Å². The van der Waals surface area contributed by atoms with Gasteiger partial charge in [-0.2, -0.15) is 0 Å². The molecule has 1 aliphatic rings. The van der Waals surface area contributed by atoms with Crippen LogP contribution in [0.25, 0.3) is 5.57 Å². The SMILES string of the molecule is C(/C[Se]c1ccccc1)=C1\CCCc2ccccc21. The molecule has 3 rings (SSSR count). The van der Waals surface area contributed by atoms with Crippen LogP contribution >= 0.6 is 0 Å². The standard InChI is InChI=1S/C18H18Se/c1-2-10-17(11-3-1)19-14-13-16-9-6-8-15-7-4-5-12-18(15)16/h1-5,7,10-13H,6,8-9,14H2/b16-13-. The van der Waals surface area contributed by atoms with Gasteiger partial charge in [0, 0.05) is 0 Å². The van der Waals surface area contributed by atoms with E-state index in [1.54, 1.807) is 5.57 Å². The molecule has 96 valence electrons. The molecule has 0 spiro atoms. The summed E-state index contributed by atoms with van der Waals surface area (Å²) in [4.78, 5) is 0. The fraction of sp³-hybridized carbons (Fsp3) is 0.222. The van der Waals surface area contributed by atoms with Crippen LogP contribution < -0.4 is 4.46 Å². The Balaban J connectivity index is 1.71. The topological polar surface area (TPSA) is 0 Å². The number of benzene rings is 2. The summed E-state index contributed by atoms with van der Waals surface area (Å²) in [5.41, 5.74) is 4.60. The van der Waals surface area contributed by atoms with Crippen LogP contribution in [0, 0.1) is 0 Å². The molecule has 0 nitrogen and oxygen atoms in total. The van der Waals surface area contributed by atoms with E-state index in [1.165, 1.54) is 40.2 Å². The summed E-state index contributed by atoms with van der Waals surface area (Å²) >= 11 is 0.570. The van der Waals surface area contributed by atoms with Gasteiger partial charge in [0.05, 0.1) is 0 Å². The van der Waals surface area contributed by atoms with Crippen LogP contribution in [0.15, 0.2) is 60.7 Å². The van der Waals surface area contributed by atoms with Gasteiger partial charge < -0.3 is 0 Å². The van der Waals surface area contributed by atoms with E-state index in [9.17, 15) is 0 Å². The summed E-state index contributed by atoms with van der Waals surface area (Å²) in [5.74, 6) is 0. The van der Waals surface area contributed by atoms with Gasteiger partial charge in [0.1, 0.15) is 0 Å². The van der Waals surface area contributed by atoms with Crippen molar-refractivity contribution in [3.8, 4) is 0 Å². The quantitative estimate of drug-likeness (QED) is 0.755. The third-order valence-electron chi connectivity index (χ3n) is 3.58. The van der Waals surface area contributed by atoms with Gasteiger partial charge in [-0.3, -0.25) is 0 Å². The van der Waals surface area contributed by atoms with Crippen molar-refractivity contribution in [3.63, 3.8) is 0 Å². The summed E-state index contributed by atoms with van der Waals surface area (Å²) in [6.45, 7) is 0. The Morgan fingerprint density at radius 3 is 2.58 bits per heavy atom. The van der Waals surface area contributed by atoms with Crippen LogP contribution in [-0.2, 0) is 6.42 Å². The molecule has 0 fully saturated rings. The molecule has 0 aliphatic heterocycles. The molecule has 1 heteroatoms. The average molecular weight is 313 g/mol. The number of hydrogen-bond donors (Lipinski definition) is 0. The van der Waals surface area contributed by atoms with E-state index in [2.05, 4.69) is 60.7 Å². The van der Waals surface area contributed by atoms with Gasteiger partial charge in [0.2, 0.25) is 0 Å². The van der Waals surface area contributed by atoms with Gasteiger partial charge in [-0.1, -0.05) is 0 Å². The summed E-state index contributed by atoms with van der Waals surface area (Å²) in [7, 11) is 0. The predicted molar refractivity (Wildman–Crippen MR) is 84.0 cm³/mol. The van der Waals surface area contributed by atoms with Crippen molar-refractivity contribution in [2.45, 2.75) is 24.6 Å². The molecule has 0 amide bonds. The molecule has 0 atom stereocenters. The Morgan fingerprint density at radius 1 is 0.895 bits per heavy atom. The van der Waals surface area contributed by atoms with Gasteiger partial charge >= 0.3 is 121 Å². The molecule has 0 heterocycles. The van der Waals surface area contributed by atoms with E-state index in [4.69, 9.17) is 0 Å². The summed E-state index contributed by atoms with van der Waals surface area (Å²) in [6, 6.07) is 19.8. The van der Waals surface area contributed by atoms with Gasteiger partial charge in [0.15, 0.2) is 0 Å². The molecule has 0 radical (unpaired) electrons. The van der Waals surface area contributed by atoms with Crippen molar-refractivity contribution in [3.05, 3.63) is 71.8 Å². The fourth-order valence-corrected chi connectivity index (χ4v) is 4.36. The Bertz CT molecular complexity index is 569. The Kier molecular flexibility index (Phi) is 4.17. The Hall–Kier alpha value is -1.30. The summed E-state index contributed by atoms with van der Waals surface area (Å²) < 4.78 is 1.50. The first kappa shape index (κ1) is 12.7. The Labute approximate surface area is 121 Å². The minimum atomic E-state index is 0.570. The third kappa shape index (κ3) is 3.18. The van der Waals surface area contributed by atoms with Crippen LogP contribution in [0.5, 0.6) is 0 Å². The van der Waals surface area contributed by atoms with Crippen molar-refractivity contribution in [2.75, 3.05) is 0 Å². The zero-order valence-electron chi connectivity index (χ0n) is 11.0. The summed E-state index contributed by atoms with van der Waals surface area (Å²) in [5, 5.41) is 1.21. The second-order valence-electron chi connectivity index (χ2n) is 4.86. The second-order valence-corrected chi connectivity index (χ2v) is 7.16. The van der Waals surface area contributed by atoms with E-state index >= 15 is 0 Å². The van der Waals surface area contributed by atoms with Crippen LogP contribution in [-0.4, -0.2) is 15.0 Å². The van der Waals surface area contributed by atoms with Crippen molar-refractivity contribution in [1.29, 1.82) is 0 Å². The number of rotatable bonds is 3. The van der Waals surface area contributed by atoms with Crippen LogP contribution in [0.1, 0.15) is 24.0 Å². The first-order chi connectivity index (χ1) is 9.43. The number of allylic oxidation sites excluding steroid dienone is 2. The second kappa shape index (κ2) is 6.23. The minimum absolute atomic E-state index is 0.570. The molecule has 1 aliphatic carbocycles. The van der Waals surface area contributed by atoms with Gasteiger partial charge in [-0.25, -0.2) is 0 Å². The van der Waals surface area contributed by atoms with Gasteiger partial charge in [-0.05, 0) is 0 Å². The number of hydrogen-bond acceptors (Lipinski definition) is 0. The molecule has 0 aromatic heterocycles. The predicted octanol–water partition coefficient (Wildman–Crippen LogP) is 3.85. The molecule has 0 saturated carbocycles. The van der Waals surface area contributed by atoms with Crippen LogP contribution in [0.3, 0.4) is 0 Å². The van der Waals surface area contributed by atoms with Crippen molar-refractivity contribution >= 4 is 25.0 Å². The van der Waals surface area contributed by atoms with E-state index in [-0.39, 0.29) is 0 Å². The average Bonchev–Trinajstić information content (AvgIpc) is 2.49. The normalized spacial score (nSPS) is 16.3. The molecule has 0 N–H and O–H groups in total. The van der Waals surface area contributed by atoms with Gasteiger partial charge in [0.25, 0.3) is 0 Å². The molecule has 0 saturated heterocycles. The van der Waals surface area contributed by atoms with E-state index in [0.29, 0.717) is 15.0 Å². The van der Waals surface area contributed by atoms with Crippen molar-refractivity contribution in [2.24, 2.45) is 0 Å². The molecule has 2 aromatic rings. The third-order valence-corrected chi connectivity index (χ3v) is 5.55. The molecule has 19 heavy (non-hydrogen) atoms. The van der Waals surface area contributed by atoms with Crippen molar-refractivity contribution < 1.29 is 0 Å². The maximum atomic E-state index is 2.48. The van der Waals surface area contributed by atoms with E-state index in [0.717, 1.165) is 0 Å². The summed E-state index contributed by atoms with van der Waals surface area (Å²) in [6.07, 6.45) is 6.28.